The van der Waals surface area contributed by atoms with Crippen molar-refractivity contribution >= 4 is 0 Å². The Morgan fingerprint density at radius 1 is 0.865 bits per heavy atom. The second kappa shape index (κ2) is 10.6. The third-order valence-corrected chi connectivity index (χ3v) is 7.88. The first-order valence-electron chi connectivity index (χ1n) is 12.3. The zero-order valence-corrected chi connectivity index (χ0v) is 23.1. The van der Waals surface area contributed by atoms with Crippen molar-refractivity contribution in [1.29, 1.82) is 5.26 Å². The molecule has 2 aromatic rings. The predicted octanol–water partition coefficient (Wildman–Crippen LogP) is 3.36. The molecule has 0 aliphatic carbocycles. The second-order valence-electron chi connectivity index (χ2n) is 9.51. The highest BCUT2D eigenvalue weighted by Crippen LogP contribution is 2.53. The number of likely N-dealkylation sites (N-methyl/N-ethyl adjacent to an activating group) is 1. The molecule has 2 aromatic carbocycles. The minimum Gasteiger partial charge on any atom is -0.496 e. The Morgan fingerprint density at radius 3 is 2.00 bits per heavy atom. The van der Waals surface area contributed by atoms with Crippen molar-refractivity contribution in [3.8, 4) is 40.6 Å². The number of methoxy groups -OCH3 is 6. The molecular weight excluding hydrogens is 474 g/mol. The van der Waals surface area contributed by atoms with Crippen molar-refractivity contribution in [2.45, 2.75) is 50.9 Å². The first-order valence-corrected chi connectivity index (χ1v) is 12.3. The lowest BCUT2D eigenvalue weighted by atomic mass is 9.76. The van der Waals surface area contributed by atoms with Gasteiger partial charge in [-0.2, -0.15) is 5.26 Å². The maximum Gasteiger partial charge on any atom is 0.167 e. The highest BCUT2D eigenvalue weighted by molar-refractivity contribution is 5.65. The minimum atomic E-state index is -0.371. The highest BCUT2D eigenvalue weighted by atomic mass is 16.5. The van der Waals surface area contributed by atoms with Crippen LogP contribution in [0.25, 0.3) is 0 Å². The highest BCUT2D eigenvalue weighted by Gasteiger charge is 2.49. The van der Waals surface area contributed by atoms with Gasteiger partial charge in [-0.3, -0.25) is 10.2 Å². The summed E-state index contributed by atoms with van der Waals surface area (Å²) in [6, 6.07) is 3.78. The van der Waals surface area contributed by atoms with E-state index < -0.39 is 0 Å². The smallest absolute Gasteiger partial charge is 0.167 e. The molecule has 2 aliphatic rings. The fraction of sp³-hybridized carbons (Fsp3) is 0.536. The van der Waals surface area contributed by atoms with Crippen molar-refractivity contribution in [3.05, 3.63) is 33.9 Å². The Balaban J connectivity index is 1.93. The molecule has 37 heavy (non-hydrogen) atoms. The largest absolute Gasteiger partial charge is 0.496 e. The Morgan fingerprint density at radius 2 is 1.46 bits per heavy atom. The molecule has 2 aliphatic heterocycles. The first-order chi connectivity index (χ1) is 17.8. The number of nitrogens with one attached hydrogen (secondary N) is 1. The molecular formula is C28H37N3O6. The molecule has 0 unspecified atom stereocenters. The molecule has 0 radical (unpaired) electrons. The molecule has 2 heterocycles. The van der Waals surface area contributed by atoms with Crippen LogP contribution in [0.2, 0.25) is 0 Å². The summed E-state index contributed by atoms with van der Waals surface area (Å²) in [5.41, 5.74) is 4.78. The van der Waals surface area contributed by atoms with Gasteiger partial charge < -0.3 is 28.4 Å². The number of benzene rings is 2. The molecule has 2 bridgehead atoms. The summed E-state index contributed by atoms with van der Waals surface area (Å²) in [5.74, 6) is 4.15. The van der Waals surface area contributed by atoms with E-state index >= 15 is 0 Å². The molecule has 4 atom stereocenters. The van der Waals surface area contributed by atoms with Crippen molar-refractivity contribution in [2.75, 3.05) is 49.7 Å². The zero-order chi connectivity index (χ0) is 27.0. The topological polar surface area (TPSA) is 94.4 Å². The number of nitrogens with zero attached hydrogens (tertiary/aromatic N) is 2. The fourth-order valence-electron chi connectivity index (χ4n) is 6.35. The van der Waals surface area contributed by atoms with Crippen LogP contribution in [0, 0.1) is 25.2 Å². The summed E-state index contributed by atoms with van der Waals surface area (Å²) in [6.45, 7) is 3.93. The van der Waals surface area contributed by atoms with Crippen molar-refractivity contribution in [2.24, 2.45) is 0 Å². The van der Waals surface area contributed by atoms with Crippen LogP contribution in [0.15, 0.2) is 6.07 Å². The number of nitriles is 1. The lowest BCUT2D eigenvalue weighted by Crippen LogP contribution is -2.65. The van der Waals surface area contributed by atoms with Crippen LogP contribution in [0.1, 0.15) is 33.9 Å². The molecule has 4 rings (SSSR count). The molecule has 1 fully saturated rings. The molecule has 0 aromatic heterocycles. The van der Waals surface area contributed by atoms with Gasteiger partial charge in [0, 0.05) is 34.3 Å². The van der Waals surface area contributed by atoms with Crippen molar-refractivity contribution in [3.63, 3.8) is 0 Å². The average molecular weight is 512 g/mol. The van der Waals surface area contributed by atoms with Crippen molar-refractivity contribution < 1.29 is 28.4 Å². The van der Waals surface area contributed by atoms with E-state index in [1.54, 1.807) is 42.7 Å². The fourth-order valence-corrected chi connectivity index (χ4v) is 6.35. The molecule has 9 nitrogen and oxygen atoms in total. The van der Waals surface area contributed by atoms with Crippen LogP contribution in [0.3, 0.4) is 0 Å². The van der Waals surface area contributed by atoms with E-state index in [-0.39, 0.29) is 24.2 Å². The van der Waals surface area contributed by atoms with Gasteiger partial charge in [-0.15, -0.1) is 0 Å². The van der Waals surface area contributed by atoms with E-state index in [1.165, 1.54) is 0 Å². The van der Waals surface area contributed by atoms with E-state index in [2.05, 4.69) is 23.3 Å². The molecule has 0 saturated carbocycles. The third kappa shape index (κ3) is 4.09. The van der Waals surface area contributed by atoms with Gasteiger partial charge in [0.1, 0.15) is 17.5 Å². The normalized spacial score (nSPS) is 22.5. The predicted molar refractivity (Wildman–Crippen MR) is 140 cm³/mol. The quantitative estimate of drug-likeness (QED) is 0.572. The third-order valence-electron chi connectivity index (χ3n) is 7.88. The van der Waals surface area contributed by atoms with Crippen LogP contribution in [0.4, 0.5) is 0 Å². The van der Waals surface area contributed by atoms with Gasteiger partial charge in [-0.1, -0.05) is 0 Å². The number of ether oxygens (including phenoxy) is 6. The standard InChI is InChI=1S/C28H37N3O6/c1-14-24(33-5)16(11-21(32-4)26(14)35-7)10-18-23-22-17(12-20(31(23)3)19(13-29)30-18)25(34-6)15(2)27(36-8)28(22)37-9/h11,18-20,23,30H,10,12H2,1-9H3/t18-,19-,20-,23-/m0/s1. The number of hydrogen-bond donors (Lipinski definition) is 1. The number of piperazine rings is 1. The van der Waals surface area contributed by atoms with E-state index in [9.17, 15) is 5.26 Å². The van der Waals surface area contributed by atoms with E-state index in [0.29, 0.717) is 35.8 Å². The zero-order valence-electron chi connectivity index (χ0n) is 23.1. The average Bonchev–Trinajstić information content (AvgIpc) is 2.89. The summed E-state index contributed by atoms with van der Waals surface area (Å²) in [5, 5.41) is 13.8. The lowest BCUT2D eigenvalue weighted by Gasteiger charge is -2.52. The van der Waals surface area contributed by atoms with Crippen LogP contribution < -0.4 is 33.7 Å². The summed E-state index contributed by atoms with van der Waals surface area (Å²) < 4.78 is 34.8. The SMILES string of the molecule is COc1cc(C[C@@H]2N[C@@H](C#N)[C@@H]3Cc4c(OC)c(C)c(OC)c(OC)c4[C@H]2N3C)c(OC)c(C)c1OC. The molecule has 200 valence electrons. The monoisotopic (exact) mass is 511 g/mol. The van der Waals surface area contributed by atoms with Gasteiger partial charge in [0.2, 0.25) is 0 Å². The van der Waals surface area contributed by atoms with Crippen LogP contribution in [-0.4, -0.2) is 72.7 Å². The second-order valence-corrected chi connectivity index (χ2v) is 9.51. The van der Waals surface area contributed by atoms with Gasteiger partial charge in [0.25, 0.3) is 0 Å². The summed E-state index contributed by atoms with van der Waals surface area (Å²) in [7, 11) is 12.0. The molecule has 0 spiro atoms. The Kier molecular flexibility index (Phi) is 7.62. The van der Waals surface area contributed by atoms with Gasteiger partial charge in [-0.05, 0) is 45.4 Å². The Hall–Kier alpha value is -3.35. The first kappa shape index (κ1) is 26.7. The van der Waals surface area contributed by atoms with E-state index in [1.807, 2.05) is 19.9 Å². The van der Waals surface area contributed by atoms with Crippen molar-refractivity contribution in [1.82, 2.24) is 10.2 Å². The Labute approximate surface area is 219 Å². The lowest BCUT2D eigenvalue weighted by molar-refractivity contribution is 0.0536. The summed E-state index contributed by atoms with van der Waals surface area (Å²) in [4.78, 5) is 2.29. The van der Waals surface area contributed by atoms with Gasteiger partial charge >= 0.3 is 0 Å². The Bertz CT molecular complexity index is 1220. The summed E-state index contributed by atoms with van der Waals surface area (Å²) >= 11 is 0. The van der Waals surface area contributed by atoms with E-state index in [4.69, 9.17) is 28.4 Å². The minimum absolute atomic E-state index is 0.0285. The molecule has 0 amide bonds. The van der Waals surface area contributed by atoms with Gasteiger partial charge in [0.05, 0.1) is 54.8 Å². The van der Waals surface area contributed by atoms with Crippen LogP contribution in [0.5, 0.6) is 34.5 Å². The summed E-state index contributed by atoms with van der Waals surface area (Å²) in [6.07, 6.45) is 1.23. The van der Waals surface area contributed by atoms with Crippen LogP contribution in [-0.2, 0) is 12.8 Å². The van der Waals surface area contributed by atoms with Crippen LogP contribution >= 0.6 is 0 Å². The number of hydrogen-bond acceptors (Lipinski definition) is 9. The van der Waals surface area contributed by atoms with Gasteiger partial charge in [-0.25, -0.2) is 0 Å². The molecule has 9 heteroatoms. The molecule has 1 saturated heterocycles. The maximum atomic E-state index is 10.1. The van der Waals surface area contributed by atoms with Gasteiger partial charge in [0.15, 0.2) is 23.0 Å². The van der Waals surface area contributed by atoms with E-state index in [0.717, 1.165) is 39.3 Å². The number of fused-ring (bicyclic) bond motifs is 4. The number of rotatable bonds is 8. The maximum absolute atomic E-state index is 10.1. The molecule has 1 N–H and O–H groups in total.